The average molecular weight is 258 g/mol. The summed E-state index contributed by atoms with van der Waals surface area (Å²) in [6.07, 6.45) is 0. The van der Waals surface area contributed by atoms with Crippen LogP contribution in [0.3, 0.4) is 0 Å². The normalized spacial score (nSPS) is 17.6. The number of aromatic nitrogens is 2. The number of anilines is 1. The minimum Gasteiger partial charge on any atom is -0.340 e. The van der Waals surface area contributed by atoms with Gasteiger partial charge in [0.05, 0.1) is 11.0 Å². The Balaban J connectivity index is 1.84. The van der Waals surface area contributed by atoms with Gasteiger partial charge in [-0.2, -0.15) is 0 Å². The molecule has 1 aromatic heterocycles. The maximum absolute atomic E-state index is 4.78. The lowest BCUT2D eigenvalue weighted by Crippen LogP contribution is -2.49. The van der Waals surface area contributed by atoms with Crippen molar-refractivity contribution in [2.75, 3.05) is 31.1 Å². The molecular weight excluding hydrogens is 236 g/mol. The molecule has 1 aliphatic heterocycles. The summed E-state index contributed by atoms with van der Waals surface area (Å²) < 4.78 is 2.21. The Morgan fingerprint density at radius 2 is 1.74 bits per heavy atom. The number of benzene rings is 1. The Bertz CT molecular complexity index is 565. The van der Waals surface area contributed by atoms with Gasteiger partial charge < -0.3 is 9.47 Å². The zero-order chi connectivity index (χ0) is 13.4. The smallest absolute Gasteiger partial charge is 0.206 e. The van der Waals surface area contributed by atoms with E-state index >= 15 is 0 Å². The van der Waals surface area contributed by atoms with E-state index in [1.165, 1.54) is 5.52 Å². The number of hydrogen-bond donors (Lipinski definition) is 0. The molecule has 1 saturated heterocycles. The number of nitrogens with zero attached hydrogens (tertiary/aromatic N) is 4. The molecule has 0 aliphatic carbocycles. The van der Waals surface area contributed by atoms with E-state index in [9.17, 15) is 0 Å². The summed E-state index contributed by atoms with van der Waals surface area (Å²) in [6, 6.07) is 8.99. The van der Waals surface area contributed by atoms with Gasteiger partial charge in [-0.1, -0.05) is 12.1 Å². The molecule has 0 unspecified atom stereocenters. The van der Waals surface area contributed by atoms with Gasteiger partial charge in [0.2, 0.25) is 5.95 Å². The number of piperazine rings is 1. The molecule has 1 fully saturated rings. The maximum atomic E-state index is 4.78. The van der Waals surface area contributed by atoms with Gasteiger partial charge in [0.15, 0.2) is 0 Å². The lowest BCUT2D eigenvalue weighted by Gasteiger charge is -2.37. The van der Waals surface area contributed by atoms with Crippen LogP contribution in [-0.4, -0.2) is 46.7 Å². The SMILES string of the molecule is CC(C)N1CCN(c2nc3ccccc3n2C)CC1. The summed E-state index contributed by atoms with van der Waals surface area (Å²) in [5, 5.41) is 0. The van der Waals surface area contributed by atoms with Gasteiger partial charge in [-0.05, 0) is 26.0 Å². The number of fused-ring (bicyclic) bond motifs is 1. The highest BCUT2D eigenvalue weighted by atomic mass is 15.4. The van der Waals surface area contributed by atoms with Gasteiger partial charge in [-0.3, -0.25) is 4.90 Å². The number of para-hydroxylation sites is 2. The summed E-state index contributed by atoms with van der Waals surface area (Å²) in [6.45, 7) is 8.92. The van der Waals surface area contributed by atoms with Crippen LogP contribution in [0.5, 0.6) is 0 Å². The second kappa shape index (κ2) is 4.85. The summed E-state index contributed by atoms with van der Waals surface area (Å²) >= 11 is 0. The Hall–Kier alpha value is -1.55. The molecule has 0 spiro atoms. The van der Waals surface area contributed by atoms with E-state index in [-0.39, 0.29) is 0 Å². The third kappa shape index (κ3) is 2.21. The van der Waals surface area contributed by atoms with Crippen molar-refractivity contribution in [1.29, 1.82) is 0 Å². The Morgan fingerprint density at radius 3 is 2.37 bits per heavy atom. The van der Waals surface area contributed by atoms with Crippen LogP contribution in [0.2, 0.25) is 0 Å². The van der Waals surface area contributed by atoms with Crippen LogP contribution in [0, 0.1) is 0 Å². The molecule has 0 bridgehead atoms. The van der Waals surface area contributed by atoms with E-state index in [4.69, 9.17) is 4.98 Å². The van der Waals surface area contributed by atoms with Gasteiger partial charge in [0.25, 0.3) is 0 Å². The van der Waals surface area contributed by atoms with Crippen molar-refractivity contribution in [2.45, 2.75) is 19.9 Å². The zero-order valence-corrected chi connectivity index (χ0v) is 12.0. The summed E-state index contributed by atoms with van der Waals surface area (Å²) in [7, 11) is 2.11. The predicted octanol–water partition coefficient (Wildman–Crippen LogP) is 2.10. The highest BCUT2D eigenvalue weighted by Gasteiger charge is 2.22. The molecule has 0 radical (unpaired) electrons. The van der Waals surface area contributed by atoms with Crippen LogP contribution in [0.25, 0.3) is 11.0 Å². The first kappa shape index (κ1) is 12.5. The van der Waals surface area contributed by atoms with Crippen molar-refractivity contribution in [1.82, 2.24) is 14.5 Å². The summed E-state index contributed by atoms with van der Waals surface area (Å²) in [5.74, 6) is 1.10. The van der Waals surface area contributed by atoms with E-state index in [2.05, 4.69) is 59.5 Å². The third-order valence-electron chi connectivity index (χ3n) is 4.09. The van der Waals surface area contributed by atoms with Crippen LogP contribution in [-0.2, 0) is 7.05 Å². The van der Waals surface area contributed by atoms with E-state index in [0.717, 1.165) is 37.6 Å². The molecule has 19 heavy (non-hydrogen) atoms. The van der Waals surface area contributed by atoms with E-state index in [1.54, 1.807) is 0 Å². The van der Waals surface area contributed by atoms with E-state index < -0.39 is 0 Å². The first-order valence-corrected chi connectivity index (χ1v) is 7.07. The molecule has 2 heterocycles. The minimum atomic E-state index is 0.641. The highest BCUT2D eigenvalue weighted by molar-refractivity contribution is 5.78. The molecule has 102 valence electrons. The van der Waals surface area contributed by atoms with Crippen LogP contribution >= 0.6 is 0 Å². The highest BCUT2D eigenvalue weighted by Crippen LogP contribution is 2.22. The van der Waals surface area contributed by atoms with Crippen molar-refractivity contribution >= 4 is 17.0 Å². The third-order valence-corrected chi connectivity index (χ3v) is 4.09. The number of imidazole rings is 1. The first-order valence-electron chi connectivity index (χ1n) is 7.07. The maximum Gasteiger partial charge on any atom is 0.206 e. The number of aryl methyl sites for hydroxylation is 1. The average Bonchev–Trinajstić information content (AvgIpc) is 2.77. The molecule has 0 amide bonds. The second-order valence-electron chi connectivity index (χ2n) is 5.58. The van der Waals surface area contributed by atoms with Crippen molar-refractivity contribution < 1.29 is 0 Å². The molecule has 0 saturated carbocycles. The Labute approximate surface area is 114 Å². The molecule has 4 nitrogen and oxygen atoms in total. The summed E-state index contributed by atoms with van der Waals surface area (Å²) in [5.41, 5.74) is 2.30. The number of hydrogen-bond acceptors (Lipinski definition) is 3. The van der Waals surface area contributed by atoms with Crippen LogP contribution in [0.15, 0.2) is 24.3 Å². The first-order chi connectivity index (χ1) is 9.16. The molecule has 4 heteroatoms. The van der Waals surface area contributed by atoms with Gasteiger partial charge >= 0.3 is 0 Å². The van der Waals surface area contributed by atoms with Gasteiger partial charge in [-0.15, -0.1) is 0 Å². The van der Waals surface area contributed by atoms with Crippen LogP contribution in [0.1, 0.15) is 13.8 Å². The van der Waals surface area contributed by atoms with Gasteiger partial charge in [0.1, 0.15) is 0 Å². The molecule has 3 rings (SSSR count). The van der Waals surface area contributed by atoms with Crippen molar-refractivity contribution in [2.24, 2.45) is 7.05 Å². The fraction of sp³-hybridized carbons (Fsp3) is 0.533. The van der Waals surface area contributed by atoms with Crippen LogP contribution in [0.4, 0.5) is 5.95 Å². The quantitative estimate of drug-likeness (QED) is 0.824. The molecule has 1 aliphatic rings. The standard InChI is InChI=1S/C15H22N4/c1-12(2)18-8-10-19(11-9-18)15-16-13-6-4-5-7-14(13)17(15)3/h4-7,12H,8-11H2,1-3H3. The minimum absolute atomic E-state index is 0.641. The predicted molar refractivity (Wildman–Crippen MR) is 79.6 cm³/mol. The molecule has 1 aromatic carbocycles. The molecular formula is C15H22N4. The number of rotatable bonds is 2. The monoisotopic (exact) mass is 258 g/mol. The second-order valence-corrected chi connectivity index (χ2v) is 5.58. The topological polar surface area (TPSA) is 24.3 Å². The lowest BCUT2D eigenvalue weighted by atomic mass is 10.2. The van der Waals surface area contributed by atoms with Gasteiger partial charge in [-0.25, -0.2) is 4.98 Å². The fourth-order valence-corrected chi connectivity index (χ4v) is 2.85. The molecule has 0 atom stereocenters. The molecule has 0 N–H and O–H groups in total. The largest absolute Gasteiger partial charge is 0.340 e. The lowest BCUT2D eigenvalue weighted by molar-refractivity contribution is 0.208. The van der Waals surface area contributed by atoms with E-state index in [0.29, 0.717) is 6.04 Å². The molecule has 2 aromatic rings. The van der Waals surface area contributed by atoms with Crippen molar-refractivity contribution in [3.63, 3.8) is 0 Å². The van der Waals surface area contributed by atoms with Crippen LogP contribution < -0.4 is 4.90 Å². The zero-order valence-electron chi connectivity index (χ0n) is 12.0. The van der Waals surface area contributed by atoms with Gasteiger partial charge in [0, 0.05) is 39.3 Å². The van der Waals surface area contributed by atoms with E-state index in [1.807, 2.05) is 0 Å². The van der Waals surface area contributed by atoms with Crippen molar-refractivity contribution in [3.8, 4) is 0 Å². The van der Waals surface area contributed by atoms with Crippen molar-refractivity contribution in [3.05, 3.63) is 24.3 Å². The fourth-order valence-electron chi connectivity index (χ4n) is 2.85. The summed E-state index contributed by atoms with van der Waals surface area (Å²) in [4.78, 5) is 9.70. The Kier molecular flexibility index (Phi) is 3.19. The Morgan fingerprint density at radius 1 is 1.05 bits per heavy atom.